The van der Waals surface area contributed by atoms with E-state index < -0.39 is 0 Å². The summed E-state index contributed by atoms with van der Waals surface area (Å²) < 4.78 is 13.2. The summed E-state index contributed by atoms with van der Waals surface area (Å²) in [5.41, 5.74) is 0.911. The number of hydrogen-bond acceptors (Lipinski definition) is 2. The number of hydrogen-bond donors (Lipinski definition) is 1. The molecule has 1 aliphatic heterocycles. The van der Waals surface area contributed by atoms with E-state index in [0.29, 0.717) is 0 Å². The van der Waals surface area contributed by atoms with Gasteiger partial charge in [0.2, 0.25) is 0 Å². The van der Waals surface area contributed by atoms with E-state index in [4.69, 9.17) is 11.6 Å². The van der Waals surface area contributed by atoms with Crippen molar-refractivity contribution in [2.45, 2.75) is 0 Å². The SMILES string of the molecule is Fc1cc(N2CCNCC2)ccc1Cl. The Kier molecular flexibility index (Phi) is 2.89. The van der Waals surface area contributed by atoms with E-state index in [0.717, 1.165) is 31.9 Å². The van der Waals surface area contributed by atoms with Gasteiger partial charge in [0.05, 0.1) is 5.02 Å². The van der Waals surface area contributed by atoms with E-state index in [1.807, 2.05) is 6.07 Å². The van der Waals surface area contributed by atoms with Gasteiger partial charge in [0, 0.05) is 31.9 Å². The minimum atomic E-state index is -0.345. The molecule has 0 aliphatic carbocycles. The largest absolute Gasteiger partial charge is 0.369 e. The van der Waals surface area contributed by atoms with Crippen LogP contribution in [0, 0.1) is 5.82 Å². The van der Waals surface area contributed by atoms with E-state index in [2.05, 4.69) is 10.2 Å². The van der Waals surface area contributed by atoms with Crippen molar-refractivity contribution >= 4 is 17.3 Å². The molecule has 2 nitrogen and oxygen atoms in total. The molecule has 0 unspecified atom stereocenters. The second-order valence-corrected chi connectivity index (χ2v) is 3.74. The first kappa shape index (κ1) is 9.74. The summed E-state index contributed by atoms with van der Waals surface area (Å²) in [5, 5.41) is 3.43. The van der Waals surface area contributed by atoms with Crippen LogP contribution in [-0.4, -0.2) is 26.2 Å². The molecule has 0 saturated carbocycles. The Hall–Kier alpha value is -0.800. The highest BCUT2D eigenvalue weighted by molar-refractivity contribution is 6.30. The predicted octanol–water partition coefficient (Wildman–Crippen LogP) is 1.89. The summed E-state index contributed by atoms with van der Waals surface area (Å²) in [5.74, 6) is -0.345. The average Bonchev–Trinajstić information content (AvgIpc) is 2.23. The Labute approximate surface area is 87.7 Å². The van der Waals surface area contributed by atoms with Crippen molar-refractivity contribution in [1.29, 1.82) is 0 Å². The minimum Gasteiger partial charge on any atom is -0.369 e. The van der Waals surface area contributed by atoms with Crippen LogP contribution in [0.2, 0.25) is 5.02 Å². The normalized spacial score (nSPS) is 17.1. The number of benzene rings is 1. The fourth-order valence-corrected chi connectivity index (χ4v) is 1.72. The van der Waals surface area contributed by atoms with Gasteiger partial charge in [-0.2, -0.15) is 0 Å². The molecule has 0 spiro atoms. The Balaban J connectivity index is 2.18. The molecule has 1 N–H and O–H groups in total. The minimum absolute atomic E-state index is 0.184. The van der Waals surface area contributed by atoms with Crippen LogP contribution in [0.3, 0.4) is 0 Å². The molecule has 4 heteroatoms. The Morgan fingerprint density at radius 3 is 2.64 bits per heavy atom. The fraction of sp³-hybridized carbons (Fsp3) is 0.400. The topological polar surface area (TPSA) is 15.3 Å². The predicted molar refractivity (Wildman–Crippen MR) is 56.5 cm³/mol. The first-order chi connectivity index (χ1) is 6.77. The van der Waals surface area contributed by atoms with Crippen molar-refractivity contribution in [2.75, 3.05) is 31.1 Å². The van der Waals surface area contributed by atoms with Gasteiger partial charge >= 0.3 is 0 Å². The van der Waals surface area contributed by atoms with Crippen LogP contribution in [0.15, 0.2) is 18.2 Å². The van der Waals surface area contributed by atoms with Gasteiger partial charge in [-0.3, -0.25) is 0 Å². The highest BCUT2D eigenvalue weighted by Gasteiger charge is 2.11. The lowest BCUT2D eigenvalue weighted by Crippen LogP contribution is -2.43. The maximum atomic E-state index is 13.2. The number of anilines is 1. The van der Waals surface area contributed by atoms with Crippen LogP contribution in [0.5, 0.6) is 0 Å². The van der Waals surface area contributed by atoms with E-state index >= 15 is 0 Å². The molecule has 0 amide bonds. The average molecular weight is 215 g/mol. The van der Waals surface area contributed by atoms with Crippen LogP contribution in [0.25, 0.3) is 0 Å². The molecule has 0 radical (unpaired) electrons. The van der Waals surface area contributed by atoms with E-state index in [1.165, 1.54) is 6.07 Å². The van der Waals surface area contributed by atoms with Gasteiger partial charge in [0.15, 0.2) is 0 Å². The Bertz CT molecular complexity index is 324. The van der Waals surface area contributed by atoms with Crippen LogP contribution < -0.4 is 10.2 Å². The quantitative estimate of drug-likeness (QED) is 0.768. The van der Waals surface area contributed by atoms with Crippen molar-refractivity contribution in [1.82, 2.24) is 5.32 Å². The summed E-state index contributed by atoms with van der Waals surface area (Å²) in [4.78, 5) is 2.15. The summed E-state index contributed by atoms with van der Waals surface area (Å²) in [6.45, 7) is 3.73. The zero-order valence-corrected chi connectivity index (χ0v) is 8.52. The molecule has 76 valence electrons. The van der Waals surface area contributed by atoms with Crippen LogP contribution in [0.4, 0.5) is 10.1 Å². The third kappa shape index (κ3) is 1.99. The summed E-state index contributed by atoms with van der Waals surface area (Å²) in [6.07, 6.45) is 0. The highest BCUT2D eigenvalue weighted by atomic mass is 35.5. The lowest BCUT2D eigenvalue weighted by Gasteiger charge is -2.29. The molecule has 1 heterocycles. The van der Waals surface area contributed by atoms with Gasteiger partial charge in [-0.05, 0) is 18.2 Å². The second-order valence-electron chi connectivity index (χ2n) is 3.34. The lowest BCUT2D eigenvalue weighted by molar-refractivity contribution is 0.585. The van der Waals surface area contributed by atoms with Crippen LogP contribution in [-0.2, 0) is 0 Å². The van der Waals surface area contributed by atoms with Gasteiger partial charge in [0.25, 0.3) is 0 Å². The van der Waals surface area contributed by atoms with Crippen molar-refractivity contribution in [3.63, 3.8) is 0 Å². The molecular formula is C10H12ClFN2. The molecule has 1 saturated heterocycles. The van der Waals surface area contributed by atoms with Crippen LogP contribution in [0.1, 0.15) is 0 Å². The Morgan fingerprint density at radius 1 is 1.29 bits per heavy atom. The van der Waals surface area contributed by atoms with Crippen molar-refractivity contribution < 1.29 is 4.39 Å². The monoisotopic (exact) mass is 214 g/mol. The zero-order valence-electron chi connectivity index (χ0n) is 7.76. The third-order valence-electron chi connectivity index (χ3n) is 2.39. The molecule has 14 heavy (non-hydrogen) atoms. The molecular weight excluding hydrogens is 203 g/mol. The van der Waals surface area contributed by atoms with E-state index in [1.54, 1.807) is 6.07 Å². The standard InChI is InChI=1S/C10H12ClFN2/c11-9-2-1-8(7-10(9)12)14-5-3-13-4-6-14/h1-2,7,13H,3-6H2. The van der Waals surface area contributed by atoms with Crippen molar-refractivity contribution in [2.24, 2.45) is 0 Å². The lowest BCUT2D eigenvalue weighted by atomic mass is 10.2. The molecule has 1 aromatic carbocycles. The van der Waals surface area contributed by atoms with Crippen molar-refractivity contribution in [3.8, 4) is 0 Å². The van der Waals surface area contributed by atoms with Gasteiger partial charge in [-0.1, -0.05) is 11.6 Å². The summed E-state index contributed by atoms with van der Waals surface area (Å²) in [6, 6.07) is 4.96. The molecule has 1 fully saturated rings. The maximum Gasteiger partial charge on any atom is 0.143 e. The van der Waals surface area contributed by atoms with Gasteiger partial charge in [0.1, 0.15) is 5.82 Å². The van der Waals surface area contributed by atoms with E-state index in [9.17, 15) is 4.39 Å². The molecule has 0 bridgehead atoms. The maximum absolute atomic E-state index is 13.2. The number of rotatable bonds is 1. The molecule has 2 rings (SSSR count). The van der Waals surface area contributed by atoms with Crippen LogP contribution >= 0.6 is 11.6 Å². The van der Waals surface area contributed by atoms with Gasteiger partial charge < -0.3 is 10.2 Å². The van der Waals surface area contributed by atoms with E-state index in [-0.39, 0.29) is 10.8 Å². The number of piperazine rings is 1. The molecule has 0 aromatic heterocycles. The van der Waals surface area contributed by atoms with Crippen molar-refractivity contribution in [3.05, 3.63) is 29.0 Å². The fourth-order valence-electron chi connectivity index (χ4n) is 1.60. The number of nitrogens with one attached hydrogen (secondary N) is 1. The van der Waals surface area contributed by atoms with Gasteiger partial charge in [-0.25, -0.2) is 4.39 Å². The zero-order chi connectivity index (χ0) is 9.97. The first-order valence-electron chi connectivity index (χ1n) is 4.68. The highest BCUT2D eigenvalue weighted by Crippen LogP contribution is 2.21. The first-order valence-corrected chi connectivity index (χ1v) is 5.06. The molecule has 1 aromatic rings. The number of nitrogens with zero attached hydrogens (tertiary/aromatic N) is 1. The third-order valence-corrected chi connectivity index (χ3v) is 2.69. The number of halogens is 2. The Morgan fingerprint density at radius 2 is 2.00 bits per heavy atom. The molecule has 1 aliphatic rings. The smallest absolute Gasteiger partial charge is 0.143 e. The summed E-state index contributed by atoms with van der Waals surface area (Å²) in [7, 11) is 0. The summed E-state index contributed by atoms with van der Waals surface area (Å²) >= 11 is 5.61. The van der Waals surface area contributed by atoms with Gasteiger partial charge in [-0.15, -0.1) is 0 Å². The molecule has 0 atom stereocenters. The second kappa shape index (κ2) is 4.15.